The summed E-state index contributed by atoms with van der Waals surface area (Å²) >= 11 is 0. The summed E-state index contributed by atoms with van der Waals surface area (Å²) in [5.41, 5.74) is 1.73. The lowest BCUT2D eigenvalue weighted by Gasteiger charge is -2.00. The van der Waals surface area contributed by atoms with Crippen LogP contribution < -0.4 is 0 Å². The summed E-state index contributed by atoms with van der Waals surface area (Å²) in [6.45, 7) is 9.57. The molecule has 0 saturated carbocycles. The Hall–Kier alpha value is -1.63. The molecule has 0 N–H and O–H groups in total. The summed E-state index contributed by atoms with van der Waals surface area (Å²) in [4.78, 5) is 11.7. The molecule has 16 heavy (non-hydrogen) atoms. The van der Waals surface area contributed by atoms with E-state index in [9.17, 15) is 4.79 Å². The summed E-state index contributed by atoms with van der Waals surface area (Å²) in [6.07, 6.45) is 4.07. The maximum absolute atomic E-state index is 11.7. The Morgan fingerprint density at radius 1 is 1.25 bits per heavy atom. The Morgan fingerprint density at radius 2 is 1.81 bits per heavy atom. The number of ketones is 1. The molecular formula is C15H20O. The molecule has 0 bridgehead atoms. The lowest BCUT2D eigenvalue weighted by molar-refractivity contribution is 0.0994. The number of Topliss-reactive ketones (excluding diaryl/α,β-unsaturated/α-hetero) is 1. The van der Waals surface area contributed by atoms with Crippen molar-refractivity contribution in [3.05, 3.63) is 60.2 Å². The van der Waals surface area contributed by atoms with Crippen molar-refractivity contribution in [3.63, 3.8) is 0 Å². The predicted octanol–water partition coefficient (Wildman–Crippen LogP) is 4.42. The molecule has 0 amide bonds. The van der Waals surface area contributed by atoms with Crippen LogP contribution in [0.3, 0.4) is 0 Å². The van der Waals surface area contributed by atoms with Gasteiger partial charge in [0, 0.05) is 12.0 Å². The largest absolute Gasteiger partial charge is 0.294 e. The first-order valence-electron chi connectivity index (χ1n) is 5.63. The van der Waals surface area contributed by atoms with E-state index in [1.807, 2.05) is 57.2 Å². The highest BCUT2D eigenvalue weighted by Crippen LogP contribution is 2.09. The molecule has 0 fully saturated rings. The maximum Gasteiger partial charge on any atom is 0.167 e. The second-order valence-electron chi connectivity index (χ2n) is 3.03. The molecule has 0 aliphatic heterocycles. The van der Waals surface area contributed by atoms with Crippen LogP contribution in [0, 0.1) is 0 Å². The van der Waals surface area contributed by atoms with Crippen molar-refractivity contribution in [2.75, 3.05) is 0 Å². The summed E-state index contributed by atoms with van der Waals surface area (Å²) in [5.74, 6) is 0.138. The highest BCUT2D eigenvalue weighted by molar-refractivity contribution is 5.97. The molecule has 0 aliphatic rings. The first-order chi connectivity index (χ1) is 7.77. The predicted molar refractivity (Wildman–Crippen MR) is 70.7 cm³/mol. The minimum atomic E-state index is 0.138. The summed E-state index contributed by atoms with van der Waals surface area (Å²) in [5, 5.41) is 0. The van der Waals surface area contributed by atoms with Crippen molar-refractivity contribution in [3.8, 4) is 0 Å². The molecule has 0 spiro atoms. The average molecular weight is 216 g/mol. The number of carbonyl (C=O) groups excluding carboxylic acids is 1. The molecular weight excluding hydrogens is 196 g/mol. The van der Waals surface area contributed by atoms with Gasteiger partial charge in [-0.1, -0.05) is 62.9 Å². The zero-order valence-corrected chi connectivity index (χ0v) is 10.4. The van der Waals surface area contributed by atoms with Crippen molar-refractivity contribution in [2.45, 2.75) is 27.2 Å². The summed E-state index contributed by atoms with van der Waals surface area (Å²) in [7, 11) is 0. The van der Waals surface area contributed by atoms with Crippen LogP contribution in [0.2, 0.25) is 0 Å². The van der Waals surface area contributed by atoms with Crippen LogP contribution in [-0.4, -0.2) is 5.78 Å². The molecule has 0 unspecified atom stereocenters. The maximum atomic E-state index is 11.7. The number of allylic oxidation sites excluding steroid dienone is 3. The number of benzene rings is 1. The zero-order chi connectivity index (χ0) is 12.4. The third-order valence-electron chi connectivity index (χ3n) is 2.09. The molecule has 0 atom stereocenters. The van der Waals surface area contributed by atoms with Crippen molar-refractivity contribution in [1.29, 1.82) is 0 Å². The fourth-order valence-corrected chi connectivity index (χ4v) is 1.20. The van der Waals surface area contributed by atoms with Gasteiger partial charge in [-0.25, -0.2) is 0 Å². The second kappa shape index (κ2) is 8.66. The number of rotatable bonds is 4. The average Bonchev–Trinajstić information content (AvgIpc) is 2.39. The molecule has 1 aromatic carbocycles. The van der Waals surface area contributed by atoms with Gasteiger partial charge in [-0.15, -0.1) is 0 Å². The van der Waals surface area contributed by atoms with E-state index in [2.05, 4.69) is 6.58 Å². The minimum absolute atomic E-state index is 0.138. The molecule has 86 valence electrons. The Balaban J connectivity index is 0.00000106. The minimum Gasteiger partial charge on any atom is -0.294 e. The topological polar surface area (TPSA) is 17.1 Å². The van der Waals surface area contributed by atoms with E-state index in [-0.39, 0.29) is 5.78 Å². The van der Waals surface area contributed by atoms with Gasteiger partial charge < -0.3 is 0 Å². The van der Waals surface area contributed by atoms with Crippen LogP contribution in [0.1, 0.15) is 37.6 Å². The van der Waals surface area contributed by atoms with Crippen LogP contribution >= 0.6 is 0 Å². The van der Waals surface area contributed by atoms with Gasteiger partial charge in [0.1, 0.15) is 0 Å². The van der Waals surface area contributed by atoms with Gasteiger partial charge >= 0.3 is 0 Å². The molecule has 0 aromatic heterocycles. The van der Waals surface area contributed by atoms with Crippen molar-refractivity contribution < 1.29 is 4.79 Å². The van der Waals surface area contributed by atoms with Gasteiger partial charge in [-0.05, 0) is 12.5 Å². The van der Waals surface area contributed by atoms with Gasteiger partial charge in [0.25, 0.3) is 0 Å². The monoisotopic (exact) mass is 216 g/mol. The fourth-order valence-electron chi connectivity index (χ4n) is 1.20. The van der Waals surface area contributed by atoms with E-state index >= 15 is 0 Å². The second-order valence-corrected chi connectivity index (χ2v) is 3.03. The Morgan fingerprint density at radius 3 is 2.25 bits per heavy atom. The van der Waals surface area contributed by atoms with Crippen molar-refractivity contribution >= 4 is 5.78 Å². The molecule has 0 aliphatic carbocycles. The van der Waals surface area contributed by atoms with Gasteiger partial charge in [-0.3, -0.25) is 4.79 Å². The van der Waals surface area contributed by atoms with Crippen LogP contribution in [-0.2, 0) is 0 Å². The molecule has 1 nitrogen and oxygen atoms in total. The number of hydrogen-bond donors (Lipinski definition) is 0. The third-order valence-corrected chi connectivity index (χ3v) is 2.09. The highest BCUT2D eigenvalue weighted by Gasteiger charge is 2.05. The quantitative estimate of drug-likeness (QED) is 0.538. The van der Waals surface area contributed by atoms with Gasteiger partial charge in [0.05, 0.1) is 0 Å². The molecule has 0 radical (unpaired) electrons. The molecule has 1 heteroatoms. The van der Waals surface area contributed by atoms with Gasteiger partial charge in [0.15, 0.2) is 5.78 Å². The molecule has 1 aromatic rings. The third kappa shape index (κ3) is 4.74. The SMILES string of the molecule is C=C/C(=C\C)CC(=O)c1ccccc1.CC. The molecule has 1 rings (SSSR count). The smallest absolute Gasteiger partial charge is 0.167 e. The van der Waals surface area contributed by atoms with Crippen LogP contribution in [0.15, 0.2) is 54.6 Å². The van der Waals surface area contributed by atoms with E-state index < -0.39 is 0 Å². The standard InChI is InChI=1S/C13H14O.C2H6/c1-3-11(4-2)10-13(14)12-8-6-5-7-9-12;1-2/h3-9H,1,10H2,2H3;1-2H3/b11-4+;. The molecule has 0 heterocycles. The first kappa shape index (κ1) is 14.4. The van der Waals surface area contributed by atoms with E-state index in [1.54, 1.807) is 6.08 Å². The van der Waals surface area contributed by atoms with E-state index in [4.69, 9.17) is 0 Å². The van der Waals surface area contributed by atoms with Crippen LogP contribution in [0.25, 0.3) is 0 Å². The summed E-state index contributed by atoms with van der Waals surface area (Å²) in [6, 6.07) is 9.31. The highest BCUT2D eigenvalue weighted by atomic mass is 16.1. The van der Waals surface area contributed by atoms with E-state index in [1.165, 1.54) is 0 Å². The Bertz CT molecular complexity index is 347. The Labute approximate surface area is 98.5 Å². The summed E-state index contributed by atoms with van der Waals surface area (Å²) < 4.78 is 0. The lowest BCUT2D eigenvalue weighted by Crippen LogP contribution is -1.99. The van der Waals surface area contributed by atoms with Crippen LogP contribution in [0.5, 0.6) is 0 Å². The first-order valence-corrected chi connectivity index (χ1v) is 5.63. The van der Waals surface area contributed by atoms with Crippen LogP contribution in [0.4, 0.5) is 0 Å². The normalized spacial score (nSPS) is 10.1. The zero-order valence-electron chi connectivity index (χ0n) is 10.4. The Kier molecular flexibility index (Phi) is 7.78. The van der Waals surface area contributed by atoms with Gasteiger partial charge in [-0.2, -0.15) is 0 Å². The number of hydrogen-bond acceptors (Lipinski definition) is 1. The van der Waals surface area contributed by atoms with E-state index in [0.717, 1.165) is 11.1 Å². The lowest BCUT2D eigenvalue weighted by atomic mass is 10.0. The fraction of sp³-hybridized carbons (Fsp3) is 0.267. The molecule has 0 saturated heterocycles. The van der Waals surface area contributed by atoms with E-state index in [0.29, 0.717) is 6.42 Å². The van der Waals surface area contributed by atoms with Crippen molar-refractivity contribution in [1.82, 2.24) is 0 Å². The van der Waals surface area contributed by atoms with Gasteiger partial charge in [0.2, 0.25) is 0 Å². The number of carbonyl (C=O) groups is 1. The van der Waals surface area contributed by atoms with Crippen molar-refractivity contribution in [2.24, 2.45) is 0 Å².